The Kier molecular flexibility index (Phi) is 5.56. The Labute approximate surface area is 130 Å². The van der Waals surface area contributed by atoms with E-state index in [0.29, 0.717) is 23.4 Å². The van der Waals surface area contributed by atoms with Gasteiger partial charge in [0.1, 0.15) is 0 Å². The van der Waals surface area contributed by atoms with Gasteiger partial charge in [-0.15, -0.1) is 5.10 Å². The minimum absolute atomic E-state index is 0.0966. The Morgan fingerprint density at radius 2 is 2.05 bits per heavy atom. The van der Waals surface area contributed by atoms with Gasteiger partial charge >= 0.3 is 0 Å². The largest absolute Gasteiger partial charge is 0.285 e. The maximum absolute atomic E-state index is 12.0. The van der Waals surface area contributed by atoms with Gasteiger partial charge in [-0.2, -0.15) is 5.10 Å². The molecule has 1 fully saturated rings. The molecule has 1 aromatic rings. The highest BCUT2D eigenvalue weighted by Crippen LogP contribution is 2.22. The highest BCUT2D eigenvalue weighted by atomic mass is 32.2. The number of nitrogens with zero attached hydrogens (tertiary/aromatic N) is 3. The van der Waals surface area contributed by atoms with Crippen LogP contribution < -0.4 is 0 Å². The molecule has 5 heteroatoms. The second-order valence-corrected chi connectivity index (χ2v) is 6.51. The van der Waals surface area contributed by atoms with E-state index in [4.69, 9.17) is 0 Å². The van der Waals surface area contributed by atoms with E-state index in [9.17, 15) is 4.79 Å². The predicted octanol–water partition coefficient (Wildman–Crippen LogP) is 3.54. The van der Waals surface area contributed by atoms with Crippen molar-refractivity contribution in [3.63, 3.8) is 0 Å². The molecule has 1 aliphatic heterocycles. The third-order valence-corrected chi connectivity index (χ3v) is 4.00. The number of rotatable bonds is 5. The van der Waals surface area contributed by atoms with Crippen molar-refractivity contribution in [1.82, 2.24) is 4.90 Å². The highest BCUT2D eigenvalue weighted by molar-refractivity contribution is 8.15. The summed E-state index contributed by atoms with van der Waals surface area (Å²) in [5.41, 5.74) is 2.10. The molecule has 1 heterocycles. The molecule has 0 aliphatic carbocycles. The van der Waals surface area contributed by atoms with Crippen LogP contribution in [-0.4, -0.2) is 27.4 Å². The van der Waals surface area contributed by atoms with Gasteiger partial charge in [-0.3, -0.25) is 9.69 Å². The molecule has 21 heavy (non-hydrogen) atoms. The fourth-order valence-corrected chi connectivity index (χ4v) is 2.98. The molecule has 0 bridgehead atoms. The van der Waals surface area contributed by atoms with Crippen LogP contribution in [0.25, 0.3) is 0 Å². The first-order chi connectivity index (χ1) is 10.1. The minimum Gasteiger partial charge on any atom is -0.285 e. The third kappa shape index (κ3) is 4.70. The highest BCUT2D eigenvalue weighted by Gasteiger charge is 2.28. The van der Waals surface area contributed by atoms with Crippen molar-refractivity contribution in [1.29, 1.82) is 0 Å². The van der Waals surface area contributed by atoms with E-state index in [0.717, 1.165) is 17.7 Å². The van der Waals surface area contributed by atoms with Gasteiger partial charge in [0.25, 0.3) is 0 Å². The van der Waals surface area contributed by atoms with Crippen molar-refractivity contribution >= 4 is 28.5 Å². The second-order valence-electron chi connectivity index (χ2n) is 5.57. The summed E-state index contributed by atoms with van der Waals surface area (Å²) in [6.45, 7) is 6.85. The van der Waals surface area contributed by atoms with E-state index in [1.165, 1.54) is 11.8 Å². The van der Waals surface area contributed by atoms with Gasteiger partial charge in [0.15, 0.2) is 5.17 Å². The lowest BCUT2D eigenvalue weighted by Gasteiger charge is -2.15. The van der Waals surface area contributed by atoms with Gasteiger partial charge in [-0.25, -0.2) is 0 Å². The number of thioether (sulfide) groups is 1. The Morgan fingerprint density at radius 1 is 1.33 bits per heavy atom. The molecule has 0 N–H and O–H groups in total. The summed E-state index contributed by atoms with van der Waals surface area (Å²) in [5, 5.41) is 9.24. The van der Waals surface area contributed by atoms with Crippen LogP contribution in [0.5, 0.6) is 0 Å². The maximum Gasteiger partial charge on any atom is 0.239 e. The molecule has 0 unspecified atom stereocenters. The summed E-state index contributed by atoms with van der Waals surface area (Å²) >= 11 is 1.46. The minimum atomic E-state index is 0.0966. The van der Waals surface area contributed by atoms with Gasteiger partial charge in [-0.05, 0) is 24.8 Å². The van der Waals surface area contributed by atoms with Crippen LogP contribution in [-0.2, 0) is 11.3 Å². The Morgan fingerprint density at radius 3 is 2.71 bits per heavy atom. The molecular weight excluding hydrogens is 282 g/mol. The van der Waals surface area contributed by atoms with Crippen molar-refractivity contribution < 1.29 is 4.79 Å². The van der Waals surface area contributed by atoms with Crippen LogP contribution in [0.4, 0.5) is 0 Å². The molecule has 1 saturated heterocycles. The Bertz CT molecular complexity index is 552. The number of carbonyl (C=O) groups is 1. The maximum atomic E-state index is 12.0. The van der Waals surface area contributed by atoms with Crippen molar-refractivity contribution in [2.75, 3.05) is 5.75 Å². The van der Waals surface area contributed by atoms with Gasteiger partial charge < -0.3 is 0 Å². The molecule has 4 nitrogen and oxygen atoms in total. The summed E-state index contributed by atoms with van der Waals surface area (Å²) in [5.74, 6) is 1.11. The van der Waals surface area contributed by atoms with Crippen LogP contribution in [0.15, 0.2) is 40.5 Å². The zero-order valence-electron chi connectivity index (χ0n) is 12.7. The van der Waals surface area contributed by atoms with Crippen LogP contribution in [0.3, 0.4) is 0 Å². The molecule has 0 aromatic heterocycles. The molecule has 0 saturated carbocycles. The number of amidine groups is 1. The summed E-state index contributed by atoms with van der Waals surface area (Å²) in [6.07, 6.45) is 0.925. The zero-order chi connectivity index (χ0) is 15.2. The Balaban J connectivity index is 2.09. The lowest BCUT2D eigenvalue weighted by molar-refractivity contribution is -0.124. The van der Waals surface area contributed by atoms with Crippen LogP contribution in [0.1, 0.15) is 32.8 Å². The van der Waals surface area contributed by atoms with E-state index >= 15 is 0 Å². The van der Waals surface area contributed by atoms with Crippen molar-refractivity contribution in [2.45, 2.75) is 33.7 Å². The van der Waals surface area contributed by atoms with Gasteiger partial charge in [-0.1, -0.05) is 55.9 Å². The standard InChI is InChI=1S/C16H21N3OS/c1-12(2)9-13(3)17-18-16-19(15(20)11-21-16)10-14-7-5-4-6-8-14/h4-8,12H,9-11H2,1-3H3/b17-13-,18-16+. The number of carbonyl (C=O) groups excluding carboxylic acids is 1. The fraction of sp³-hybridized carbons (Fsp3) is 0.438. The van der Waals surface area contributed by atoms with Crippen molar-refractivity contribution in [3.05, 3.63) is 35.9 Å². The molecule has 1 amide bonds. The molecule has 1 aromatic carbocycles. The molecular formula is C16H21N3OS. The first-order valence-electron chi connectivity index (χ1n) is 7.14. The monoisotopic (exact) mass is 303 g/mol. The zero-order valence-corrected chi connectivity index (χ0v) is 13.6. The smallest absolute Gasteiger partial charge is 0.239 e. The van der Waals surface area contributed by atoms with E-state index in [2.05, 4.69) is 24.1 Å². The normalized spacial score (nSPS) is 18.1. The second kappa shape index (κ2) is 7.41. The van der Waals surface area contributed by atoms with E-state index in [1.807, 2.05) is 37.3 Å². The van der Waals surface area contributed by atoms with E-state index in [-0.39, 0.29) is 5.91 Å². The lowest BCUT2D eigenvalue weighted by atomic mass is 10.1. The van der Waals surface area contributed by atoms with E-state index in [1.54, 1.807) is 4.90 Å². The fourth-order valence-electron chi connectivity index (χ4n) is 2.15. The predicted molar refractivity (Wildman–Crippen MR) is 89.4 cm³/mol. The van der Waals surface area contributed by atoms with Gasteiger partial charge in [0.05, 0.1) is 12.3 Å². The van der Waals surface area contributed by atoms with Crippen molar-refractivity contribution in [2.24, 2.45) is 16.1 Å². The van der Waals surface area contributed by atoms with Crippen LogP contribution >= 0.6 is 11.8 Å². The molecule has 0 spiro atoms. The molecule has 1 aliphatic rings. The van der Waals surface area contributed by atoms with E-state index < -0.39 is 0 Å². The average molecular weight is 303 g/mol. The van der Waals surface area contributed by atoms with Gasteiger partial charge in [0, 0.05) is 5.71 Å². The molecule has 2 rings (SSSR count). The molecule has 112 valence electrons. The topological polar surface area (TPSA) is 45.0 Å². The summed E-state index contributed by atoms with van der Waals surface area (Å²) in [7, 11) is 0. The average Bonchev–Trinajstić information content (AvgIpc) is 2.78. The van der Waals surface area contributed by atoms with Crippen LogP contribution in [0, 0.1) is 5.92 Å². The summed E-state index contributed by atoms with van der Waals surface area (Å²) in [6, 6.07) is 9.95. The first-order valence-corrected chi connectivity index (χ1v) is 8.13. The summed E-state index contributed by atoms with van der Waals surface area (Å²) < 4.78 is 0. The van der Waals surface area contributed by atoms with Gasteiger partial charge in [0.2, 0.25) is 5.91 Å². The van der Waals surface area contributed by atoms with Crippen molar-refractivity contribution in [3.8, 4) is 0 Å². The molecule has 0 atom stereocenters. The lowest BCUT2D eigenvalue weighted by Crippen LogP contribution is -2.28. The SMILES string of the molecule is C/C(CC(C)C)=N/N=C1/SCC(=O)N1Cc1ccccc1. The summed E-state index contributed by atoms with van der Waals surface area (Å²) in [4.78, 5) is 13.7. The number of hydrogen-bond donors (Lipinski definition) is 0. The molecule has 0 radical (unpaired) electrons. The van der Waals surface area contributed by atoms with Crippen LogP contribution in [0.2, 0.25) is 0 Å². The number of hydrogen-bond acceptors (Lipinski definition) is 4. The quantitative estimate of drug-likeness (QED) is 0.617. The number of amides is 1. The third-order valence-electron chi connectivity index (χ3n) is 3.05. The number of benzene rings is 1. The first kappa shape index (κ1) is 15.8. The Hall–Kier alpha value is -1.62.